The molecule has 0 saturated carbocycles. The van der Waals surface area contributed by atoms with Crippen LogP contribution in [0.5, 0.6) is 0 Å². The second-order valence-electron chi connectivity index (χ2n) is 5.33. The van der Waals surface area contributed by atoms with E-state index in [4.69, 9.17) is 0 Å². The fourth-order valence-electron chi connectivity index (χ4n) is 2.17. The molecule has 116 valence electrons. The van der Waals surface area contributed by atoms with Crippen LogP contribution in [0, 0.1) is 0 Å². The number of nitrogens with zero attached hydrogens (tertiary/aromatic N) is 1. The highest BCUT2D eigenvalue weighted by atomic mass is 32.2. The topological polar surface area (TPSA) is 37.4 Å². The van der Waals surface area contributed by atoms with Crippen molar-refractivity contribution in [2.24, 2.45) is 0 Å². The van der Waals surface area contributed by atoms with Crippen LogP contribution in [0.1, 0.15) is 11.1 Å². The van der Waals surface area contributed by atoms with Gasteiger partial charge in [-0.2, -0.15) is 0 Å². The lowest BCUT2D eigenvalue weighted by Gasteiger charge is -2.17. The number of benzene rings is 2. The Labute approximate surface area is 134 Å². The van der Waals surface area contributed by atoms with E-state index in [-0.39, 0.29) is 5.91 Å². The molecule has 0 aromatic heterocycles. The largest absolute Gasteiger partial charge is 0.345 e. The summed E-state index contributed by atoms with van der Waals surface area (Å²) < 4.78 is 11.3. The van der Waals surface area contributed by atoms with Gasteiger partial charge in [0, 0.05) is 35.5 Å². The Morgan fingerprint density at radius 3 is 2.23 bits per heavy atom. The highest BCUT2D eigenvalue weighted by Gasteiger charge is 2.10. The van der Waals surface area contributed by atoms with Crippen molar-refractivity contribution in [3.63, 3.8) is 0 Å². The average Bonchev–Trinajstić information content (AvgIpc) is 2.54. The Morgan fingerprint density at radius 1 is 1.00 bits per heavy atom. The molecular weight excluding hydrogens is 294 g/mol. The van der Waals surface area contributed by atoms with Crippen molar-refractivity contribution in [2.75, 3.05) is 19.8 Å². The Kier molecular flexibility index (Phi) is 5.90. The van der Waals surface area contributed by atoms with Crippen molar-refractivity contribution in [3.8, 4) is 0 Å². The fraction of sp³-hybridized carbons (Fsp3) is 0.278. The molecule has 0 aliphatic carbocycles. The lowest BCUT2D eigenvalue weighted by molar-refractivity contribution is -0.129. The van der Waals surface area contributed by atoms with Crippen LogP contribution in [0.25, 0.3) is 0 Å². The molecule has 0 bridgehead atoms. The molecule has 2 rings (SSSR count). The van der Waals surface area contributed by atoms with Crippen LogP contribution in [0.2, 0.25) is 0 Å². The Balaban J connectivity index is 1.87. The molecular formula is C18H21NO2S. The van der Waals surface area contributed by atoms with Gasteiger partial charge in [0.2, 0.25) is 5.91 Å². The fourth-order valence-corrected chi connectivity index (χ4v) is 2.69. The number of carbonyl (C=O) groups is 1. The van der Waals surface area contributed by atoms with Crippen LogP contribution in [-0.2, 0) is 28.4 Å². The number of likely N-dealkylation sites (N-methyl/N-ethyl adjacent to an activating group) is 1. The molecule has 0 heterocycles. The van der Waals surface area contributed by atoms with Gasteiger partial charge in [0.05, 0.1) is 6.42 Å². The molecule has 22 heavy (non-hydrogen) atoms. The Hall–Kier alpha value is -1.94. The van der Waals surface area contributed by atoms with Crippen LogP contribution >= 0.6 is 0 Å². The summed E-state index contributed by atoms with van der Waals surface area (Å²) in [5.41, 5.74) is 2.18. The van der Waals surface area contributed by atoms with E-state index in [2.05, 4.69) is 12.1 Å². The van der Waals surface area contributed by atoms with E-state index < -0.39 is 10.8 Å². The maximum absolute atomic E-state index is 12.2. The highest BCUT2D eigenvalue weighted by molar-refractivity contribution is 7.84. The smallest absolute Gasteiger partial charge is 0.226 e. The molecule has 0 aliphatic rings. The van der Waals surface area contributed by atoms with E-state index in [0.717, 1.165) is 16.9 Å². The van der Waals surface area contributed by atoms with E-state index in [1.807, 2.05) is 49.5 Å². The third-order valence-electron chi connectivity index (χ3n) is 3.62. The number of hydrogen-bond donors (Lipinski definition) is 0. The van der Waals surface area contributed by atoms with Gasteiger partial charge in [-0.25, -0.2) is 0 Å². The quantitative estimate of drug-likeness (QED) is 0.822. The van der Waals surface area contributed by atoms with Crippen molar-refractivity contribution in [1.82, 2.24) is 4.90 Å². The van der Waals surface area contributed by atoms with Gasteiger partial charge in [0.1, 0.15) is 0 Å². The van der Waals surface area contributed by atoms with Crippen LogP contribution in [-0.4, -0.2) is 34.9 Å². The van der Waals surface area contributed by atoms with E-state index in [0.29, 0.717) is 13.0 Å². The molecule has 2 aromatic rings. The molecule has 4 heteroatoms. The zero-order valence-electron chi connectivity index (χ0n) is 13.0. The summed E-state index contributed by atoms with van der Waals surface area (Å²) in [4.78, 5) is 14.8. The third kappa shape index (κ3) is 4.81. The van der Waals surface area contributed by atoms with Gasteiger partial charge in [-0.3, -0.25) is 9.00 Å². The molecule has 0 aliphatic heterocycles. The van der Waals surface area contributed by atoms with Crippen molar-refractivity contribution >= 4 is 16.7 Å². The molecule has 0 spiro atoms. The van der Waals surface area contributed by atoms with Crippen molar-refractivity contribution < 1.29 is 9.00 Å². The summed E-state index contributed by atoms with van der Waals surface area (Å²) in [6.07, 6.45) is 2.89. The van der Waals surface area contributed by atoms with E-state index in [1.54, 1.807) is 11.2 Å². The number of amides is 1. The van der Waals surface area contributed by atoms with E-state index in [9.17, 15) is 9.00 Å². The van der Waals surface area contributed by atoms with Gasteiger partial charge in [-0.05, 0) is 29.7 Å². The summed E-state index contributed by atoms with van der Waals surface area (Å²) in [6, 6.07) is 17.5. The molecule has 1 atom stereocenters. The van der Waals surface area contributed by atoms with Crippen LogP contribution in [0.4, 0.5) is 0 Å². The molecule has 2 aromatic carbocycles. The zero-order chi connectivity index (χ0) is 15.9. The first-order valence-corrected chi connectivity index (χ1v) is 8.82. The van der Waals surface area contributed by atoms with Crippen LogP contribution in [0.3, 0.4) is 0 Å². The molecule has 0 fully saturated rings. The SMILES string of the molecule is CN(CCc1ccccc1)C(=O)Cc1ccc([S@@](C)=O)cc1. The maximum atomic E-state index is 12.2. The molecule has 0 saturated heterocycles. The lowest BCUT2D eigenvalue weighted by Crippen LogP contribution is -2.30. The van der Waals surface area contributed by atoms with Gasteiger partial charge >= 0.3 is 0 Å². The highest BCUT2D eigenvalue weighted by Crippen LogP contribution is 2.09. The minimum atomic E-state index is -0.978. The zero-order valence-corrected chi connectivity index (χ0v) is 13.8. The Morgan fingerprint density at radius 2 is 1.64 bits per heavy atom. The van der Waals surface area contributed by atoms with E-state index >= 15 is 0 Å². The van der Waals surface area contributed by atoms with Crippen LogP contribution in [0.15, 0.2) is 59.5 Å². The molecule has 0 N–H and O–H groups in total. The van der Waals surface area contributed by atoms with Gasteiger partial charge < -0.3 is 4.90 Å². The third-order valence-corrected chi connectivity index (χ3v) is 4.55. The Bertz CT molecular complexity index is 638. The number of rotatable bonds is 6. The second kappa shape index (κ2) is 7.90. The number of hydrogen-bond acceptors (Lipinski definition) is 2. The lowest BCUT2D eigenvalue weighted by atomic mass is 10.1. The number of carbonyl (C=O) groups excluding carboxylic acids is 1. The first kappa shape index (κ1) is 16.4. The molecule has 0 unspecified atom stereocenters. The minimum absolute atomic E-state index is 0.0984. The molecule has 0 radical (unpaired) electrons. The predicted molar refractivity (Wildman–Crippen MR) is 90.3 cm³/mol. The van der Waals surface area contributed by atoms with Gasteiger partial charge in [-0.15, -0.1) is 0 Å². The summed E-state index contributed by atoms with van der Waals surface area (Å²) in [6.45, 7) is 0.708. The normalized spacial score (nSPS) is 11.9. The van der Waals surface area contributed by atoms with E-state index in [1.165, 1.54) is 5.56 Å². The first-order valence-electron chi connectivity index (χ1n) is 7.26. The van der Waals surface area contributed by atoms with Gasteiger partial charge in [0.25, 0.3) is 0 Å². The summed E-state index contributed by atoms with van der Waals surface area (Å²) in [5, 5.41) is 0. The standard InChI is InChI=1S/C18H21NO2S/c1-19(13-12-15-6-4-3-5-7-15)18(20)14-16-8-10-17(11-9-16)22(2)21/h3-11H,12-14H2,1-2H3/t22-/m1/s1. The molecule has 3 nitrogen and oxygen atoms in total. The monoisotopic (exact) mass is 315 g/mol. The second-order valence-corrected chi connectivity index (χ2v) is 6.71. The summed E-state index contributed by atoms with van der Waals surface area (Å²) in [7, 11) is 0.856. The first-order chi connectivity index (χ1) is 10.6. The van der Waals surface area contributed by atoms with Crippen molar-refractivity contribution in [2.45, 2.75) is 17.7 Å². The van der Waals surface area contributed by atoms with Crippen molar-refractivity contribution in [3.05, 3.63) is 65.7 Å². The van der Waals surface area contributed by atoms with Gasteiger partial charge in [-0.1, -0.05) is 42.5 Å². The minimum Gasteiger partial charge on any atom is -0.345 e. The molecule has 1 amide bonds. The maximum Gasteiger partial charge on any atom is 0.226 e. The summed E-state index contributed by atoms with van der Waals surface area (Å²) in [5.74, 6) is 0.0984. The predicted octanol–water partition coefficient (Wildman–Crippen LogP) is 2.67. The van der Waals surface area contributed by atoms with Gasteiger partial charge in [0.15, 0.2) is 0 Å². The van der Waals surface area contributed by atoms with Crippen molar-refractivity contribution in [1.29, 1.82) is 0 Å². The average molecular weight is 315 g/mol. The van der Waals surface area contributed by atoms with Crippen LogP contribution < -0.4 is 0 Å². The summed E-state index contributed by atoms with van der Waals surface area (Å²) >= 11 is 0.